The second kappa shape index (κ2) is 8.67. The van der Waals surface area contributed by atoms with E-state index in [1.807, 2.05) is 60.8 Å². The molecule has 0 fully saturated rings. The van der Waals surface area contributed by atoms with E-state index < -0.39 is 0 Å². The molecule has 6 heteroatoms. The maximum absolute atomic E-state index is 11.0. The lowest BCUT2D eigenvalue weighted by molar-refractivity contribution is 0.442. The molecule has 0 radical (unpaired) electrons. The van der Waals surface area contributed by atoms with Crippen molar-refractivity contribution in [1.29, 1.82) is 0 Å². The van der Waals surface area contributed by atoms with Crippen molar-refractivity contribution in [2.24, 2.45) is 0 Å². The minimum Gasteiger partial charge on any atom is -0.508 e. The molecule has 5 rings (SSSR count). The number of benzene rings is 3. The second-order valence-electron chi connectivity index (χ2n) is 8.10. The van der Waals surface area contributed by atoms with Crippen LogP contribution in [0, 0.1) is 0 Å². The summed E-state index contributed by atoms with van der Waals surface area (Å²) in [5.41, 5.74) is 5.81. The molecule has 0 aliphatic rings. The van der Waals surface area contributed by atoms with Gasteiger partial charge in [-0.1, -0.05) is 54.6 Å². The predicted octanol–water partition coefficient (Wildman–Crippen LogP) is 4.62. The van der Waals surface area contributed by atoms with Gasteiger partial charge in [0.1, 0.15) is 17.2 Å². The third kappa shape index (κ3) is 4.50. The molecule has 0 amide bonds. The zero-order valence-corrected chi connectivity index (χ0v) is 17.9. The number of imidazole rings is 1. The van der Waals surface area contributed by atoms with Crippen LogP contribution in [0.2, 0.25) is 0 Å². The molecule has 2 aromatic heterocycles. The van der Waals surface area contributed by atoms with E-state index in [2.05, 4.69) is 0 Å². The monoisotopic (exact) mass is 437 g/mol. The van der Waals surface area contributed by atoms with Crippen LogP contribution in [0.3, 0.4) is 0 Å². The Labute approximate surface area is 191 Å². The Kier molecular flexibility index (Phi) is 5.40. The van der Waals surface area contributed by atoms with Crippen molar-refractivity contribution >= 4 is 5.65 Å². The Bertz CT molecular complexity index is 1390. The van der Waals surface area contributed by atoms with Crippen molar-refractivity contribution in [3.05, 3.63) is 119 Å². The van der Waals surface area contributed by atoms with Crippen molar-refractivity contribution in [2.45, 2.75) is 19.3 Å². The summed E-state index contributed by atoms with van der Waals surface area (Å²) in [7, 11) is 0. The Balaban J connectivity index is 1.57. The maximum atomic E-state index is 11.0. The topological polar surface area (TPSA) is 90.9 Å². The lowest BCUT2D eigenvalue weighted by Gasteiger charge is -2.09. The summed E-state index contributed by atoms with van der Waals surface area (Å²) in [4.78, 5) is 9.64. The molecule has 2 heterocycles. The van der Waals surface area contributed by atoms with Crippen LogP contribution >= 0.6 is 0 Å². The highest BCUT2D eigenvalue weighted by atomic mass is 16.3. The first kappa shape index (κ1) is 20.6. The molecule has 0 unspecified atom stereocenters. The fourth-order valence-corrected chi connectivity index (χ4v) is 3.94. The lowest BCUT2D eigenvalue weighted by Crippen LogP contribution is -2.03. The SMILES string of the molecule is Oc1ccc(Cc2cn3c(O)c(Cc4ccc(O)cc4)nc3c(Cc3ccccc3)n2)cc1. The number of fused-ring (bicyclic) bond motifs is 1. The molecule has 6 nitrogen and oxygen atoms in total. The van der Waals surface area contributed by atoms with Gasteiger partial charge in [-0.3, -0.25) is 9.38 Å². The summed E-state index contributed by atoms with van der Waals surface area (Å²) < 4.78 is 1.71. The fraction of sp³-hybridized carbons (Fsp3) is 0.111. The minimum absolute atomic E-state index is 0.0849. The van der Waals surface area contributed by atoms with Gasteiger partial charge < -0.3 is 15.3 Å². The molecule has 0 aliphatic carbocycles. The van der Waals surface area contributed by atoms with Crippen LogP contribution in [-0.2, 0) is 19.3 Å². The van der Waals surface area contributed by atoms with Crippen molar-refractivity contribution in [1.82, 2.24) is 14.4 Å². The average molecular weight is 437 g/mol. The maximum Gasteiger partial charge on any atom is 0.219 e. The Morgan fingerprint density at radius 2 is 1.12 bits per heavy atom. The lowest BCUT2D eigenvalue weighted by atomic mass is 10.1. The van der Waals surface area contributed by atoms with E-state index in [1.54, 1.807) is 28.7 Å². The van der Waals surface area contributed by atoms with Gasteiger partial charge in [0.15, 0.2) is 5.65 Å². The van der Waals surface area contributed by atoms with Crippen LogP contribution in [0.15, 0.2) is 85.1 Å². The van der Waals surface area contributed by atoms with E-state index in [4.69, 9.17) is 9.97 Å². The molecule has 0 saturated carbocycles. The zero-order chi connectivity index (χ0) is 22.8. The molecule has 0 saturated heterocycles. The number of hydrogen-bond acceptors (Lipinski definition) is 5. The van der Waals surface area contributed by atoms with Crippen LogP contribution in [0.4, 0.5) is 0 Å². The van der Waals surface area contributed by atoms with Crippen molar-refractivity contribution < 1.29 is 15.3 Å². The third-order valence-corrected chi connectivity index (χ3v) is 5.61. The smallest absolute Gasteiger partial charge is 0.219 e. The summed E-state index contributed by atoms with van der Waals surface area (Å²) in [6.45, 7) is 0. The number of rotatable bonds is 6. The second-order valence-corrected chi connectivity index (χ2v) is 8.10. The Hall–Kier alpha value is -4.32. The highest BCUT2D eigenvalue weighted by molar-refractivity contribution is 5.53. The van der Waals surface area contributed by atoms with Gasteiger partial charge in [-0.2, -0.15) is 0 Å². The highest BCUT2D eigenvalue weighted by Gasteiger charge is 2.17. The largest absolute Gasteiger partial charge is 0.508 e. The first-order valence-corrected chi connectivity index (χ1v) is 10.7. The molecule has 5 aromatic rings. The number of hydrogen-bond donors (Lipinski definition) is 3. The molecule has 0 spiro atoms. The van der Waals surface area contributed by atoms with Crippen LogP contribution < -0.4 is 0 Å². The van der Waals surface area contributed by atoms with Gasteiger partial charge in [0.25, 0.3) is 0 Å². The molecule has 3 aromatic carbocycles. The molecular formula is C27H23N3O3. The van der Waals surface area contributed by atoms with Gasteiger partial charge in [0.05, 0.1) is 11.4 Å². The van der Waals surface area contributed by atoms with Crippen molar-refractivity contribution in [3.63, 3.8) is 0 Å². The summed E-state index contributed by atoms with van der Waals surface area (Å²) >= 11 is 0. The van der Waals surface area contributed by atoms with Gasteiger partial charge >= 0.3 is 0 Å². The van der Waals surface area contributed by atoms with E-state index in [-0.39, 0.29) is 17.4 Å². The summed E-state index contributed by atoms with van der Waals surface area (Å²) in [6, 6.07) is 24.0. The van der Waals surface area contributed by atoms with Gasteiger partial charge in [-0.05, 0) is 41.0 Å². The number of phenols is 2. The molecule has 3 N–H and O–H groups in total. The van der Waals surface area contributed by atoms with E-state index in [1.165, 1.54) is 0 Å². The molecule has 0 aliphatic heterocycles. The standard InChI is InChI=1S/C27H23N3O3/c31-22-10-6-19(7-11-22)14-21-17-30-26(24(28-21)15-18-4-2-1-3-5-18)29-25(27(30)33)16-20-8-12-23(32)13-9-20/h1-13,17,31-33H,14-16H2. The number of nitrogens with zero attached hydrogens (tertiary/aromatic N) is 3. The van der Waals surface area contributed by atoms with E-state index in [0.29, 0.717) is 30.6 Å². The number of aromatic nitrogens is 3. The molecule has 33 heavy (non-hydrogen) atoms. The Morgan fingerprint density at radius 1 is 0.576 bits per heavy atom. The zero-order valence-electron chi connectivity index (χ0n) is 17.9. The van der Waals surface area contributed by atoms with Crippen molar-refractivity contribution in [2.75, 3.05) is 0 Å². The van der Waals surface area contributed by atoms with Gasteiger partial charge in [0, 0.05) is 25.5 Å². The Morgan fingerprint density at radius 3 is 1.76 bits per heavy atom. The van der Waals surface area contributed by atoms with Gasteiger partial charge in [-0.15, -0.1) is 0 Å². The van der Waals surface area contributed by atoms with Gasteiger partial charge in [-0.25, -0.2) is 4.98 Å². The normalized spacial score (nSPS) is 11.2. The van der Waals surface area contributed by atoms with Crippen molar-refractivity contribution in [3.8, 4) is 17.4 Å². The van der Waals surface area contributed by atoms with Crippen LogP contribution in [0.5, 0.6) is 17.4 Å². The predicted molar refractivity (Wildman–Crippen MR) is 126 cm³/mol. The first-order chi connectivity index (χ1) is 16.0. The highest BCUT2D eigenvalue weighted by Crippen LogP contribution is 2.26. The average Bonchev–Trinajstić information content (AvgIpc) is 3.13. The number of phenolic OH excluding ortho intramolecular Hbond substituents is 2. The van der Waals surface area contributed by atoms with Gasteiger partial charge in [0.2, 0.25) is 5.88 Å². The quantitative estimate of drug-likeness (QED) is 0.361. The summed E-state index contributed by atoms with van der Waals surface area (Å²) in [6.07, 6.45) is 3.40. The fourth-order valence-electron chi connectivity index (χ4n) is 3.94. The third-order valence-electron chi connectivity index (χ3n) is 5.61. The molecule has 0 atom stereocenters. The molecule has 0 bridgehead atoms. The molecule has 164 valence electrons. The van der Waals surface area contributed by atoms with Crippen LogP contribution in [-0.4, -0.2) is 29.7 Å². The van der Waals surface area contributed by atoms with E-state index >= 15 is 0 Å². The number of aromatic hydroxyl groups is 3. The summed E-state index contributed by atoms with van der Waals surface area (Å²) in [5, 5.41) is 30.1. The van der Waals surface area contributed by atoms with E-state index in [9.17, 15) is 15.3 Å². The minimum atomic E-state index is 0.0849. The van der Waals surface area contributed by atoms with Crippen LogP contribution in [0.25, 0.3) is 5.65 Å². The summed E-state index contributed by atoms with van der Waals surface area (Å²) in [5.74, 6) is 0.506. The molecular weight excluding hydrogens is 414 g/mol. The first-order valence-electron chi connectivity index (χ1n) is 10.7. The van der Waals surface area contributed by atoms with Crippen LogP contribution in [0.1, 0.15) is 33.8 Å². The van der Waals surface area contributed by atoms with E-state index in [0.717, 1.165) is 28.1 Å².